The lowest BCUT2D eigenvalue weighted by Crippen LogP contribution is -2.32. The van der Waals surface area contributed by atoms with Gasteiger partial charge in [-0.05, 0) is 19.8 Å². The molecule has 0 aromatic carbocycles. The third kappa shape index (κ3) is 3.33. The molecule has 100 valence electrons. The number of ether oxygens (including phenoxy) is 1. The largest absolute Gasteiger partial charge is 0.376 e. The van der Waals surface area contributed by atoms with Crippen molar-refractivity contribution in [3.8, 4) is 0 Å². The number of likely N-dealkylation sites (N-methyl/N-ethyl adjacent to an activating group) is 1. The van der Waals surface area contributed by atoms with Crippen LogP contribution in [0.25, 0.3) is 0 Å². The topological polar surface area (TPSA) is 38.2 Å². The first-order chi connectivity index (χ1) is 8.72. The summed E-state index contributed by atoms with van der Waals surface area (Å²) >= 11 is 6.04. The minimum Gasteiger partial charge on any atom is -0.376 e. The Kier molecular flexibility index (Phi) is 4.78. The van der Waals surface area contributed by atoms with E-state index in [1.807, 2.05) is 13.0 Å². The van der Waals surface area contributed by atoms with Gasteiger partial charge in [0.15, 0.2) is 0 Å². The lowest BCUT2D eigenvalue weighted by Gasteiger charge is -2.25. The van der Waals surface area contributed by atoms with Gasteiger partial charge in [0.1, 0.15) is 16.8 Å². The highest BCUT2D eigenvalue weighted by Gasteiger charge is 2.19. The van der Waals surface area contributed by atoms with Crippen molar-refractivity contribution in [1.82, 2.24) is 9.97 Å². The van der Waals surface area contributed by atoms with Gasteiger partial charge in [0.25, 0.3) is 0 Å². The number of rotatable bonds is 5. The minimum atomic E-state index is 0.323. The minimum absolute atomic E-state index is 0.323. The zero-order valence-corrected chi connectivity index (χ0v) is 11.8. The number of hydrogen-bond acceptors (Lipinski definition) is 4. The van der Waals surface area contributed by atoms with Crippen molar-refractivity contribution in [2.75, 3.05) is 24.6 Å². The van der Waals surface area contributed by atoms with Crippen LogP contribution < -0.4 is 4.90 Å². The zero-order valence-electron chi connectivity index (χ0n) is 11.0. The van der Waals surface area contributed by atoms with E-state index in [1.165, 1.54) is 0 Å². The van der Waals surface area contributed by atoms with E-state index >= 15 is 0 Å². The Morgan fingerprint density at radius 3 is 2.89 bits per heavy atom. The molecule has 1 fully saturated rings. The number of anilines is 1. The van der Waals surface area contributed by atoms with Crippen LogP contribution >= 0.6 is 11.6 Å². The predicted molar refractivity (Wildman–Crippen MR) is 73.3 cm³/mol. The third-order valence-electron chi connectivity index (χ3n) is 3.20. The summed E-state index contributed by atoms with van der Waals surface area (Å²) in [5, 5.41) is 0.516. The quantitative estimate of drug-likeness (QED) is 0.771. The molecule has 0 radical (unpaired) electrons. The van der Waals surface area contributed by atoms with Crippen molar-refractivity contribution in [1.29, 1.82) is 0 Å². The summed E-state index contributed by atoms with van der Waals surface area (Å²) in [6, 6.07) is 1.83. The van der Waals surface area contributed by atoms with Crippen molar-refractivity contribution in [3.05, 3.63) is 17.0 Å². The zero-order chi connectivity index (χ0) is 13.0. The molecule has 0 spiro atoms. The van der Waals surface area contributed by atoms with Gasteiger partial charge in [0, 0.05) is 32.2 Å². The summed E-state index contributed by atoms with van der Waals surface area (Å²) in [4.78, 5) is 10.9. The molecule has 1 aromatic rings. The molecule has 1 aromatic heterocycles. The van der Waals surface area contributed by atoms with Crippen LogP contribution in [0.4, 0.5) is 5.82 Å². The fourth-order valence-corrected chi connectivity index (χ4v) is 2.39. The predicted octanol–water partition coefficient (Wildman–Crippen LogP) is 2.70. The highest BCUT2D eigenvalue weighted by atomic mass is 35.5. The number of hydrogen-bond donors (Lipinski definition) is 0. The maximum atomic E-state index is 6.04. The molecule has 18 heavy (non-hydrogen) atoms. The summed E-state index contributed by atoms with van der Waals surface area (Å²) in [5.74, 6) is 1.70. The van der Waals surface area contributed by atoms with Crippen LogP contribution in [0.2, 0.25) is 5.15 Å². The number of halogens is 1. The molecule has 1 aliphatic rings. The second kappa shape index (κ2) is 6.34. The number of aromatic nitrogens is 2. The van der Waals surface area contributed by atoms with Crippen LogP contribution in [0.5, 0.6) is 0 Å². The van der Waals surface area contributed by atoms with Gasteiger partial charge in [-0.3, -0.25) is 0 Å². The van der Waals surface area contributed by atoms with Crippen LogP contribution in [0.15, 0.2) is 6.07 Å². The van der Waals surface area contributed by atoms with E-state index in [9.17, 15) is 0 Å². The van der Waals surface area contributed by atoms with Crippen molar-refractivity contribution in [2.45, 2.75) is 39.2 Å². The van der Waals surface area contributed by atoms with Gasteiger partial charge in [-0.1, -0.05) is 18.5 Å². The Morgan fingerprint density at radius 2 is 2.28 bits per heavy atom. The average Bonchev–Trinajstić information content (AvgIpc) is 2.88. The van der Waals surface area contributed by atoms with Crippen molar-refractivity contribution in [3.63, 3.8) is 0 Å². The molecule has 2 rings (SSSR count). The first-order valence-electron chi connectivity index (χ1n) is 6.63. The van der Waals surface area contributed by atoms with Crippen LogP contribution in [0, 0.1) is 0 Å². The fraction of sp³-hybridized carbons (Fsp3) is 0.692. The normalized spacial score (nSPS) is 19.2. The monoisotopic (exact) mass is 269 g/mol. The van der Waals surface area contributed by atoms with E-state index in [0.29, 0.717) is 11.3 Å². The average molecular weight is 270 g/mol. The maximum Gasteiger partial charge on any atom is 0.134 e. The van der Waals surface area contributed by atoms with Crippen LogP contribution in [-0.2, 0) is 11.2 Å². The van der Waals surface area contributed by atoms with Gasteiger partial charge < -0.3 is 9.64 Å². The molecule has 1 atom stereocenters. The Hall–Kier alpha value is -0.870. The van der Waals surface area contributed by atoms with E-state index in [0.717, 1.165) is 50.6 Å². The maximum absolute atomic E-state index is 6.04. The van der Waals surface area contributed by atoms with Gasteiger partial charge >= 0.3 is 0 Å². The van der Waals surface area contributed by atoms with E-state index in [4.69, 9.17) is 16.3 Å². The van der Waals surface area contributed by atoms with Crippen molar-refractivity contribution >= 4 is 17.4 Å². The first-order valence-corrected chi connectivity index (χ1v) is 7.00. The standard InChI is InChI=1S/C13H20ClN3O/c1-3-12-15-11(14)8-13(16-12)17(4-2)9-10-6-5-7-18-10/h8,10H,3-7,9H2,1-2H3. The van der Waals surface area contributed by atoms with Gasteiger partial charge in [-0.25, -0.2) is 9.97 Å². The summed E-state index contributed by atoms with van der Waals surface area (Å²) in [6.07, 6.45) is 3.41. The van der Waals surface area contributed by atoms with Crippen LogP contribution in [-0.4, -0.2) is 35.8 Å². The number of aryl methyl sites for hydroxylation is 1. The van der Waals surface area contributed by atoms with E-state index in [2.05, 4.69) is 21.8 Å². The lowest BCUT2D eigenvalue weighted by atomic mass is 10.2. The molecular weight excluding hydrogens is 250 g/mol. The van der Waals surface area contributed by atoms with Gasteiger partial charge in [0.05, 0.1) is 6.10 Å². The van der Waals surface area contributed by atoms with Gasteiger partial charge in [-0.15, -0.1) is 0 Å². The molecule has 1 saturated heterocycles. The third-order valence-corrected chi connectivity index (χ3v) is 3.39. The SMILES string of the molecule is CCc1nc(Cl)cc(N(CC)CC2CCCO2)n1. The fourth-order valence-electron chi connectivity index (χ4n) is 2.19. The molecule has 0 amide bonds. The smallest absolute Gasteiger partial charge is 0.134 e. The van der Waals surface area contributed by atoms with E-state index < -0.39 is 0 Å². The summed E-state index contributed by atoms with van der Waals surface area (Å²) in [7, 11) is 0. The second-order valence-electron chi connectivity index (χ2n) is 4.49. The molecule has 5 heteroatoms. The Bertz CT molecular complexity index is 394. The highest BCUT2D eigenvalue weighted by molar-refractivity contribution is 6.29. The molecule has 0 saturated carbocycles. The van der Waals surface area contributed by atoms with Crippen molar-refractivity contribution in [2.24, 2.45) is 0 Å². The highest BCUT2D eigenvalue weighted by Crippen LogP contribution is 2.20. The molecule has 1 unspecified atom stereocenters. The molecule has 0 N–H and O–H groups in total. The Labute approximate surface area is 113 Å². The number of nitrogens with zero attached hydrogens (tertiary/aromatic N) is 3. The molecule has 4 nitrogen and oxygen atoms in total. The molecule has 2 heterocycles. The van der Waals surface area contributed by atoms with Gasteiger partial charge in [0.2, 0.25) is 0 Å². The molecule has 0 aliphatic carbocycles. The Morgan fingerprint density at radius 1 is 1.44 bits per heavy atom. The second-order valence-corrected chi connectivity index (χ2v) is 4.88. The van der Waals surface area contributed by atoms with E-state index in [-0.39, 0.29) is 0 Å². The molecule has 1 aliphatic heterocycles. The Balaban J connectivity index is 2.12. The molecule has 0 bridgehead atoms. The summed E-state index contributed by atoms with van der Waals surface area (Å²) in [6.45, 7) is 6.82. The van der Waals surface area contributed by atoms with Crippen LogP contribution in [0.3, 0.4) is 0 Å². The lowest BCUT2D eigenvalue weighted by molar-refractivity contribution is 0.115. The summed E-state index contributed by atoms with van der Waals surface area (Å²) < 4.78 is 5.68. The van der Waals surface area contributed by atoms with E-state index in [1.54, 1.807) is 0 Å². The molecular formula is C13H20ClN3O. The van der Waals surface area contributed by atoms with Gasteiger partial charge in [-0.2, -0.15) is 0 Å². The van der Waals surface area contributed by atoms with Crippen LogP contribution in [0.1, 0.15) is 32.5 Å². The first kappa shape index (κ1) is 13.6. The van der Waals surface area contributed by atoms with Crippen molar-refractivity contribution < 1.29 is 4.74 Å². The summed E-state index contributed by atoms with van der Waals surface area (Å²) in [5.41, 5.74) is 0.